The second kappa shape index (κ2) is 8.68. The van der Waals surface area contributed by atoms with E-state index in [1.807, 2.05) is 20.9 Å². The second-order valence-electron chi connectivity index (χ2n) is 3.76. The van der Waals surface area contributed by atoms with Crippen molar-refractivity contribution in [1.29, 1.82) is 0 Å². The molecule has 0 aliphatic rings. The van der Waals surface area contributed by atoms with Crippen molar-refractivity contribution < 1.29 is 14.3 Å². The Bertz CT molecular complexity index is 173. The molecule has 0 aliphatic carbocycles. The maximum atomic E-state index is 11.3. The molecule has 0 N–H and O–H groups in total. The van der Waals surface area contributed by atoms with Crippen LogP contribution < -0.4 is 0 Å². The number of nitrogens with zero attached hydrogens (tertiary/aromatic N) is 1. The zero-order chi connectivity index (χ0) is 11.7. The van der Waals surface area contributed by atoms with Gasteiger partial charge in [0.15, 0.2) is 0 Å². The van der Waals surface area contributed by atoms with Crippen LogP contribution in [0.1, 0.15) is 20.3 Å². The van der Waals surface area contributed by atoms with E-state index in [0.717, 1.165) is 26.1 Å². The monoisotopic (exact) mass is 217 g/mol. The lowest BCUT2D eigenvalue weighted by Gasteiger charge is -2.19. The summed E-state index contributed by atoms with van der Waals surface area (Å²) in [6.07, 6.45) is 0.989. The van der Waals surface area contributed by atoms with Gasteiger partial charge in [-0.05, 0) is 20.4 Å². The fraction of sp³-hybridized carbons (Fsp3) is 0.909. The number of ether oxygens (including phenoxy) is 2. The predicted octanol–water partition coefficient (Wildman–Crippen LogP) is 1.15. The van der Waals surface area contributed by atoms with Crippen molar-refractivity contribution in [2.24, 2.45) is 5.92 Å². The molecule has 0 aliphatic heterocycles. The number of hydrogen-bond donors (Lipinski definition) is 0. The molecule has 0 spiro atoms. The van der Waals surface area contributed by atoms with Gasteiger partial charge in [-0.2, -0.15) is 0 Å². The lowest BCUT2D eigenvalue weighted by atomic mass is 10.1. The molecule has 0 amide bonds. The maximum absolute atomic E-state index is 11.3. The van der Waals surface area contributed by atoms with Gasteiger partial charge in [-0.25, -0.2) is 0 Å². The molecule has 90 valence electrons. The largest absolute Gasteiger partial charge is 0.466 e. The summed E-state index contributed by atoms with van der Waals surface area (Å²) in [5.41, 5.74) is 0. The first kappa shape index (κ1) is 14.4. The first-order valence-electron chi connectivity index (χ1n) is 5.45. The highest BCUT2D eigenvalue weighted by atomic mass is 16.5. The standard InChI is InChI=1S/C11H23NO3/c1-5-15-11(13)10(2)9-12(3)7-6-8-14-4/h10H,5-9H2,1-4H3. The first-order valence-corrected chi connectivity index (χ1v) is 5.45. The van der Waals surface area contributed by atoms with Crippen LogP contribution in [0.15, 0.2) is 0 Å². The molecule has 0 bridgehead atoms. The highest BCUT2D eigenvalue weighted by Crippen LogP contribution is 2.01. The van der Waals surface area contributed by atoms with E-state index in [4.69, 9.17) is 9.47 Å². The van der Waals surface area contributed by atoms with Gasteiger partial charge >= 0.3 is 5.97 Å². The molecule has 0 saturated carbocycles. The molecule has 4 nitrogen and oxygen atoms in total. The van der Waals surface area contributed by atoms with Gasteiger partial charge in [-0.1, -0.05) is 6.92 Å². The normalized spacial score (nSPS) is 12.9. The third kappa shape index (κ3) is 7.33. The van der Waals surface area contributed by atoms with Crippen LogP contribution in [0.2, 0.25) is 0 Å². The van der Waals surface area contributed by atoms with Gasteiger partial charge in [0.2, 0.25) is 0 Å². The molecule has 0 heterocycles. The highest BCUT2D eigenvalue weighted by Gasteiger charge is 2.15. The van der Waals surface area contributed by atoms with Crippen molar-refractivity contribution in [2.45, 2.75) is 20.3 Å². The fourth-order valence-corrected chi connectivity index (χ4v) is 1.40. The number of methoxy groups -OCH3 is 1. The predicted molar refractivity (Wildman–Crippen MR) is 59.8 cm³/mol. The Hall–Kier alpha value is -0.610. The SMILES string of the molecule is CCOC(=O)C(C)CN(C)CCCOC. The van der Waals surface area contributed by atoms with Gasteiger partial charge in [-0.15, -0.1) is 0 Å². The Morgan fingerprint density at radius 1 is 1.47 bits per heavy atom. The fourth-order valence-electron chi connectivity index (χ4n) is 1.40. The van der Waals surface area contributed by atoms with Gasteiger partial charge in [0.25, 0.3) is 0 Å². The molecule has 0 rings (SSSR count). The molecule has 0 aromatic rings. The summed E-state index contributed by atoms with van der Waals surface area (Å²) >= 11 is 0. The van der Waals surface area contributed by atoms with Crippen LogP contribution in [0.5, 0.6) is 0 Å². The lowest BCUT2D eigenvalue weighted by Crippen LogP contribution is -2.30. The van der Waals surface area contributed by atoms with Crippen molar-refractivity contribution in [1.82, 2.24) is 4.90 Å². The van der Waals surface area contributed by atoms with Gasteiger partial charge in [-0.3, -0.25) is 4.79 Å². The van der Waals surface area contributed by atoms with Crippen LogP contribution in [0.25, 0.3) is 0 Å². The number of rotatable bonds is 8. The third-order valence-electron chi connectivity index (χ3n) is 2.16. The molecular weight excluding hydrogens is 194 g/mol. The second-order valence-corrected chi connectivity index (χ2v) is 3.76. The average Bonchev–Trinajstić information content (AvgIpc) is 2.18. The van der Waals surface area contributed by atoms with Crippen molar-refractivity contribution in [3.63, 3.8) is 0 Å². The van der Waals surface area contributed by atoms with E-state index in [1.54, 1.807) is 7.11 Å². The first-order chi connectivity index (χ1) is 7.11. The molecule has 1 unspecified atom stereocenters. The Morgan fingerprint density at radius 3 is 2.67 bits per heavy atom. The smallest absolute Gasteiger partial charge is 0.309 e. The number of hydrogen-bond acceptors (Lipinski definition) is 4. The summed E-state index contributed by atoms with van der Waals surface area (Å²) < 4.78 is 9.90. The van der Waals surface area contributed by atoms with Crippen LogP contribution in [-0.2, 0) is 14.3 Å². The van der Waals surface area contributed by atoms with Crippen molar-refractivity contribution >= 4 is 5.97 Å². The van der Waals surface area contributed by atoms with E-state index >= 15 is 0 Å². The Morgan fingerprint density at radius 2 is 2.13 bits per heavy atom. The maximum Gasteiger partial charge on any atom is 0.309 e. The van der Waals surface area contributed by atoms with Gasteiger partial charge < -0.3 is 14.4 Å². The van der Waals surface area contributed by atoms with Crippen molar-refractivity contribution in [3.8, 4) is 0 Å². The Kier molecular flexibility index (Phi) is 8.33. The minimum absolute atomic E-state index is 0.0579. The Labute approximate surface area is 92.5 Å². The summed E-state index contributed by atoms with van der Waals surface area (Å²) in [5.74, 6) is -0.173. The van der Waals surface area contributed by atoms with Gasteiger partial charge in [0, 0.05) is 26.8 Å². The molecule has 15 heavy (non-hydrogen) atoms. The van der Waals surface area contributed by atoms with E-state index in [0.29, 0.717) is 6.61 Å². The molecule has 0 aromatic carbocycles. The number of carbonyl (C=O) groups is 1. The summed E-state index contributed by atoms with van der Waals surface area (Å²) in [6.45, 7) is 6.62. The topological polar surface area (TPSA) is 38.8 Å². The van der Waals surface area contributed by atoms with Crippen LogP contribution in [0.3, 0.4) is 0 Å². The van der Waals surface area contributed by atoms with Crippen molar-refractivity contribution in [2.75, 3.05) is 40.5 Å². The number of carbonyl (C=O) groups excluding carboxylic acids is 1. The van der Waals surface area contributed by atoms with Gasteiger partial charge in [0.1, 0.15) is 0 Å². The minimum atomic E-state index is -0.115. The molecule has 0 fully saturated rings. The summed E-state index contributed by atoms with van der Waals surface area (Å²) in [7, 11) is 3.70. The summed E-state index contributed by atoms with van der Waals surface area (Å²) in [4.78, 5) is 13.5. The summed E-state index contributed by atoms with van der Waals surface area (Å²) in [5, 5.41) is 0. The van der Waals surface area contributed by atoms with E-state index < -0.39 is 0 Å². The molecule has 0 radical (unpaired) electrons. The number of esters is 1. The molecule has 0 saturated heterocycles. The molecule has 0 aromatic heterocycles. The zero-order valence-electron chi connectivity index (χ0n) is 10.3. The van der Waals surface area contributed by atoms with Crippen LogP contribution in [0, 0.1) is 5.92 Å². The van der Waals surface area contributed by atoms with Gasteiger partial charge in [0.05, 0.1) is 12.5 Å². The van der Waals surface area contributed by atoms with E-state index in [1.165, 1.54) is 0 Å². The van der Waals surface area contributed by atoms with Crippen molar-refractivity contribution in [3.05, 3.63) is 0 Å². The lowest BCUT2D eigenvalue weighted by molar-refractivity contribution is -0.147. The van der Waals surface area contributed by atoms with E-state index in [9.17, 15) is 4.79 Å². The highest BCUT2D eigenvalue weighted by molar-refractivity contribution is 5.72. The Balaban J connectivity index is 3.65. The van der Waals surface area contributed by atoms with E-state index in [-0.39, 0.29) is 11.9 Å². The molecular formula is C11H23NO3. The minimum Gasteiger partial charge on any atom is -0.466 e. The van der Waals surface area contributed by atoms with E-state index in [2.05, 4.69) is 4.90 Å². The van der Waals surface area contributed by atoms with Crippen LogP contribution >= 0.6 is 0 Å². The summed E-state index contributed by atoms with van der Waals surface area (Å²) in [6, 6.07) is 0. The average molecular weight is 217 g/mol. The quantitative estimate of drug-likeness (QED) is 0.451. The zero-order valence-corrected chi connectivity index (χ0v) is 10.3. The van der Waals surface area contributed by atoms with Crippen LogP contribution in [-0.4, -0.2) is 51.3 Å². The molecule has 4 heteroatoms. The van der Waals surface area contributed by atoms with Crippen LogP contribution in [0.4, 0.5) is 0 Å². The molecule has 1 atom stereocenters. The third-order valence-corrected chi connectivity index (χ3v) is 2.16.